The van der Waals surface area contributed by atoms with Crippen LogP contribution < -0.4 is 15.5 Å². The van der Waals surface area contributed by atoms with Crippen LogP contribution in [0, 0.1) is 11.3 Å². The summed E-state index contributed by atoms with van der Waals surface area (Å²) in [6.07, 6.45) is 10.8. The van der Waals surface area contributed by atoms with Crippen molar-refractivity contribution in [3.05, 3.63) is 23.9 Å². The lowest BCUT2D eigenvalue weighted by Gasteiger charge is -2.31. The molecule has 2 heterocycles. The monoisotopic (exact) mass is 415 g/mol. The van der Waals surface area contributed by atoms with E-state index in [1.54, 1.807) is 7.11 Å². The molecule has 0 amide bonds. The molecule has 6 nitrogen and oxygen atoms in total. The number of nitrogens with one attached hydrogen (secondary N) is 2. The fraction of sp³-hybridized carbons (Fsp3) is 0.750. The van der Waals surface area contributed by atoms with Gasteiger partial charge in [-0.05, 0) is 62.0 Å². The highest BCUT2D eigenvalue weighted by Gasteiger charge is 2.33. The van der Waals surface area contributed by atoms with Gasteiger partial charge in [0, 0.05) is 46.1 Å². The zero-order valence-electron chi connectivity index (χ0n) is 19.3. The first kappa shape index (κ1) is 22.9. The van der Waals surface area contributed by atoms with E-state index in [1.165, 1.54) is 38.5 Å². The first-order valence-electron chi connectivity index (χ1n) is 11.8. The Morgan fingerprint density at radius 1 is 1.23 bits per heavy atom. The molecular weight excluding hydrogens is 374 g/mol. The molecule has 0 bridgehead atoms. The Morgan fingerprint density at radius 3 is 2.63 bits per heavy atom. The Kier molecular flexibility index (Phi) is 8.79. The van der Waals surface area contributed by atoms with Gasteiger partial charge in [0.1, 0.15) is 5.82 Å². The summed E-state index contributed by atoms with van der Waals surface area (Å²) in [6.45, 7) is 10.00. The lowest BCUT2D eigenvalue weighted by Crippen LogP contribution is -2.43. The third-order valence-electron chi connectivity index (χ3n) is 6.81. The molecule has 3 rings (SSSR count). The highest BCUT2D eigenvalue weighted by atomic mass is 16.5. The number of nitrogens with zero attached hydrogens (tertiary/aromatic N) is 3. The Hall–Kier alpha value is -1.82. The highest BCUT2D eigenvalue weighted by molar-refractivity contribution is 5.79. The molecule has 0 spiro atoms. The molecule has 1 aliphatic carbocycles. The number of aliphatic imine (C=N–C) groups is 1. The Morgan fingerprint density at radius 2 is 2.00 bits per heavy atom. The van der Waals surface area contributed by atoms with E-state index in [4.69, 9.17) is 14.7 Å². The molecule has 6 heteroatoms. The van der Waals surface area contributed by atoms with Gasteiger partial charge in [0.25, 0.3) is 0 Å². The fourth-order valence-electron chi connectivity index (χ4n) is 4.68. The third-order valence-corrected chi connectivity index (χ3v) is 6.81. The van der Waals surface area contributed by atoms with Crippen molar-refractivity contribution < 1.29 is 4.74 Å². The largest absolute Gasteiger partial charge is 0.385 e. The van der Waals surface area contributed by atoms with E-state index >= 15 is 0 Å². The topological polar surface area (TPSA) is 61.8 Å². The summed E-state index contributed by atoms with van der Waals surface area (Å²) in [4.78, 5) is 11.9. The zero-order valence-corrected chi connectivity index (χ0v) is 19.3. The number of aromatic nitrogens is 1. The van der Waals surface area contributed by atoms with Crippen molar-refractivity contribution in [3.8, 4) is 0 Å². The molecule has 168 valence electrons. The van der Waals surface area contributed by atoms with E-state index < -0.39 is 0 Å². The SMILES string of the molecule is CCNC(=NCc1ccc(N2CCC(C)CC2)nc1)NCC1(CCOC)CCCC1. The molecule has 1 saturated carbocycles. The lowest BCUT2D eigenvalue weighted by atomic mass is 9.83. The maximum Gasteiger partial charge on any atom is 0.191 e. The molecule has 2 N–H and O–H groups in total. The second-order valence-corrected chi connectivity index (χ2v) is 9.19. The molecule has 2 aliphatic rings. The number of anilines is 1. The van der Waals surface area contributed by atoms with Crippen LogP contribution in [0.3, 0.4) is 0 Å². The van der Waals surface area contributed by atoms with Crippen LogP contribution in [0.15, 0.2) is 23.3 Å². The zero-order chi connectivity index (χ0) is 21.2. The summed E-state index contributed by atoms with van der Waals surface area (Å²) < 4.78 is 5.36. The summed E-state index contributed by atoms with van der Waals surface area (Å²) in [7, 11) is 1.80. The molecule has 1 saturated heterocycles. The van der Waals surface area contributed by atoms with E-state index in [9.17, 15) is 0 Å². The third kappa shape index (κ3) is 6.59. The first-order valence-corrected chi connectivity index (χ1v) is 11.8. The van der Waals surface area contributed by atoms with E-state index in [1.807, 2.05) is 6.20 Å². The van der Waals surface area contributed by atoms with Gasteiger partial charge in [-0.2, -0.15) is 0 Å². The minimum absolute atomic E-state index is 0.349. The summed E-state index contributed by atoms with van der Waals surface area (Å²) in [5.74, 6) is 2.83. The number of piperidine rings is 1. The average molecular weight is 416 g/mol. The van der Waals surface area contributed by atoms with Gasteiger partial charge < -0.3 is 20.3 Å². The summed E-state index contributed by atoms with van der Waals surface area (Å²) in [6, 6.07) is 4.32. The Labute approximate surface area is 182 Å². The molecule has 2 fully saturated rings. The van der Waals surface area contributed by atoms with Gasteiger partial charge in [-0.3, -0.25) is 0 Å². The minimum atomic E-state index is 0.349. The summed E-state index contributed by atoms with van der Waals surface area (Å²) >= 11 is 0. The molecule has 1 aliphatic heterocycles. The summed E-state index contributed by atoms with van der Waals surface area (Å²) in [5, 5.41) is 7.00. The average Bonchev–Trinajstić information content (AvgIpc) is 3.24. The van der Waals surface area contributed by atoms with Crippen LogP contribution in [-0.4, -0.2) is 50.8 Å². The van der Waals surface area contributed by atoms with Gasteiger partial charge in [0.15, 0.2) is 5.96 Å². The highest BCUT2D eigenvalue weighted by Crippen LogP contribution is 2.40. The molecule has 0 unspecified atom stereocenters. The maximum atomic E-state index is 5.36. The van der Waals surface area contributed by atoms with Gasteiger partial charge in [-0.25, -0.2) is 9.98 Å². The molecule has 0 aromatic carbocycles. The van der Waals surface area contributed by atoms with Crippen molar-refractivity contribution in [2.24, 2.45) is 16.3 Å². The van der Waals surface area contributed by atoms with Crippen LogP contribution >= 0.6 is 0 Å². The molecule has 1 aromatic heterocycles. The van der Waals surface area contributed by atoms with Crippen LogP contribution in [0.25, 0.3) is 0 Å². The Bertz CT molecular complexity index is 646. The lowest BCUT2D eigenvalue weighted by molar-refractivity contribution is 0.138. The molecular formula is C24H41N5O. The van der Waals surface area contributed by atoms with Crippen LogP contribution in [0.5, 0.6) is 0 Å². The quantitative estimate of drug-likeness (QED) is 0.472. The predicted molar refractivity (Wildman–Crippen MR) is 125 cm³/mol. The number of hydrogen-bond donors (Lipinski definition) is 2. The second kappa shape index (κ2) is 11.5. The number of ether oxygens (including phenoxy) is 1. The number of methoxy groups -OCH3 is 1. The van der Waals surface area contributed by atoms with Gasteiger partial charge in [0.05, 0.1) is 6.54 Å². The summed E-state index contributed by atoms with van der Waals surface area (Å²) in [5.41, 5.74) is 1.50. The van der Waals surface area contributed by atoms with Crippen molar-refractivity contribution in [1.29, 1.82) is 0 Å². The number of hydrogen-bond acceptors (Lipinski definition) is 4. The molecule has 0 radical (unpaired) electrons. The van der Waals surface area contributed by atoms with Crippen LogP contribution in [0.2, 0.25) is 0 Å². The van der Waals surface area contributed by atoms with E-state index in [0.717, 1.165) is 62.5 Å². The fourth-order valence-corrected chi connectivity index (χ4v) is 4.68. The van der Waals surface area contributed by atoms with E-state index in [2.05, 4.69) is 41.5 Å². The standard InChI is InChI=1S/C24H41N5O/c1-4-25-23(28-19-24(13-16-30-3)11-5-6-12-24)27-18-21-7-8-22(26-17-21)29-14-9-20(2)10-15-29/h7-8,17,20H,4-6,9-16,18-19H2,1-3H3,(H2,25,27,28). The molecule has 0 atom stereocenters. The van der Waals surface area contributed by atoms with Crippen molar-refractivity contribution >= 4 is 11.8 Å². The van der Waals surface area contributed by atoms with Crippen molar-refractivity contribution in [3.63, 3.8) is 0 Å². The molecule has 1 aromatic rings. The smallest absolute Gasteiger partial charge is 0.191 e. The van der Waals surface area contributed by atoms with Crippen molar-refractivity contribution in [2.75, 3.05) is 44.8 Å². The minimum Gasteiger partial charge on any atom is -0.385 e. The van der Waals surface area contributed by atoms with Crippen molar-refractivity contribution in [2.45, 2.75) is 65.3 Å². The van der Waals surface area contributed by atoms with Crippen LogP contribution in [-0.2, 0) is 11.3 Å². The van der Waals surface area contributed by atoms with Gasteiger partial charge in [-0.1, -0.05) is 25.8 Å². The van der Waals surface area contributed by atoms with Crippen LogP contribution in [0.1, 0.15) is 64.4 Å². The van der Waals surface area contributed by atoms with Gasteiger partial charge in [0.2, 0.25) is 0 Å². The number of guanidine groups is 1. The predicted octanol–water partition coefficient (Wildman–Crippen LogP) is 3.97. The number of pyridine rings is 1. The van der Waals surface area contributed by atoms with Crippen LogP contribution in [0.4, 0.5) is 5.82 Å². The van der Waals surface area contributed by atoms with Crippen molar-refractivity contribution in [1.82, 2.24) is 15.6 Å². The van der Waals surface area contributed by atoms with Gasteiger partial charge in [-0.15, -0.1) is 0 Å². The van der Waals surface area contributed by atoms with E-state index in [0.29, 0.717) is 12.0 Å². The van der Waals surface area contributed by atoms with E-state index in [-0.39, 0.29) is 0 Å². The first-order chi connectivity index (χ1) is 14.6. The maximum absolute atomic E-state index is 5.36. The number of rotatable bonds is 9. The normalized spacial score (nSPS) is 19.8. The Balaban J connectivity index is 1.54. The second-order valence-electron chi connectivity index (χ2n) is 9.19. The van der Waals surface area contributed by atoms with Gasteiger partial charge >= 0.3 is 0 Å². The molecule has 30 heavy (non-hydrogen) atoms.